The van der Waals surface area contributed by atoms with Crippen LogP contribution in [0.1, 0.15) is 49.7 Å². The Kier molecular flexibility index (Phi) is 8.10. The van der Waals surface area contributed by atoms with E-state index in [2.05, 4.69) is 19.7 Å². The first-order valence-electron chi connectivity index (χ1n) is 11.4. The quantitative estimate of drug-likeness (QED) is 0.418. The van der Waals surface area contributed by atoms with Crippen molar-refractivity contribution in [3.05, 3.63) is 91.5 Å². The van der Waals surface area contributed by atoms with Gasteiger partial charge in [0.1, 0.15) is 11.4 Å². The smallest absolute Gasteiger partial charge is 0.330 e. The normalized spacial score (nSPS) is 26.4. The van der Waals surface area contributed by atoms with Crippen molar-refractivity contribution in [2.45, 2.75) is 44.1 Å². The van der Waals surface area contributed by atoms with E-state index < -0.39 is 0 Å². The highest BCUT2D eigenvalue weighted by molar-refractivity contribution is 5.81. The van der Waals surface area contributed by atoms with E-state index in [0.29, 0.717) is 5.75 Å². The lowest BCUT2D eigenvalue weighted by Crippen LogP contribution is -2.52. The second-order valence-electron chi connectivity index (χ2n) is 9.14. The van der Waals surface area contributed by atoms with Gasteiger partial charge in [-0.05, 0) is 79.5 Å². The van der Waals surface area contributed by atoms with E-state index >= 15 is 0 Å². The number of esters is 1. The maximum absolute atomic E-state index is 11.4. The summed E-state index contributed by atoms with van der Waals surface area (Å²) < 4.78 is 5.64. The number of carbonyl (C=O) groups is 1. The zero-order chi connectivity index (χ0) is 23.0. The molecule has 6 rings (SSSR count). The van der Waals surface area contributed by atoms with Gasteiger partial charge in [0, 0.05) is 6.08 Å². The van der Waals surface area contributed by atoms with Crippen molar-refractivity contribution in [3.8, 4) is 5.75 Å². The molecule has 0 aromatic heterocycles. The van der Waals surface area contributed by atoms with Crippen LogP contribution in [0.3, 0.4) is 0 Å². The van der Waals surface area contributed by atoms with Gasteiger partial charge >= 0.3 is 5.97 Å². The van der Waals surface area contributed by atoms with Crippen molar-refractivity contribution >= 4 is 18.1 Å². The van der Waals surface area contributed by atoms with Crippen LogP contribution in [0.25, 0.3) is 12.2 Å². The molecule has 4 bridgehead atoms. The summed E-state index contributed by atoms with van der Waals surface area (Å²) in [6.07, 6.45) is 12.3. The fourth-order valence-electron chi connectivity index (χ4n) is 5.61. The molecule has 32 heavy (non-hydrogen) atoms. The van der Waals surface area contributed by atoms with Gasteiger partial charge in [-0.15, -0.1) is 0 Å². The fraction of sp³-hybridized carbons (Fsp3) is 0.345. The van der Waals surface area contributed by atoms with Crippen LogP contribution >= 0.6 is 0 Å². The molecule has 2 aromatic carbocycles. The Balaban J connectivity index is 0.000000147. The molecule has 0 atom stereocenters. The molecule has 4 aliphatic carbocycles. The van der Waals surface area contributed by atoms with Crippen molar-refractivity contribution < 1.29 is 14.6 Å². The molecule has 3 heteroatoms. The molecule has 1 N–H and O–H groups in total. The SMILES string of the molecule is C=CC(=O)OC12CC3CC(CC(C3)C1)C2.C=Cc1ccc(O)cc1.C=Cc1ccccc1. The lowest BCUT2D eigenvalue weighted by atomic mass is 9.54. The number of phenols is 1. The van der Waals surface area contributed by atoms with E-state index in [9.17, 15) is 4.79 Å². The largest absolute Gasteiger partial charge is 0.508 e. The first kappa shape index (κ1) is 23.6. The molecule has 4 saturated carbocycles. The molecular weight excluding hydrogens is 396 g/mol. The van der Waals surface area contributed by atoms with Gasteiger partial charge in [-0.1, -0.05) is 74.4 Å². The van der Waals surface area contributed by atoms with Gasteiger partial charge in [-0.25, -0.2) is 4.79 Å². The Morgan fingerprint density at radius 1 is 0.812 bits per heavy atom. The topological polar surface area (TPSA) is 46.5 Å². The Labute approximate surface area is 192 Å². The summed E-state index contributed by atoms with van der Waals surface area (Å²) >= 11 is 0. The van der Waals surface area contributed by atoms with Crippen LogP contribution in [0.5, 0.6) is 5.75 Å². The Morgan fingerprint density at radius 2 is 1.28 bits per heavy atom. The van der Waals surface area contributed by atoms with Crippen molar-refractivity contribution in [2.24, 2.45) is 17.8 Å². The molecule has 3 nitrogen and oxygen atoms in total. The number of phenolic OH excluding ortho intramolecular Hbond substituents is 1. The molecule has 0 heterocycles. The summed E-state index contributed by atoms with van der Waals surface area (Å²) in [5.74, 6) is 2.55. The third-order valence-electron chi connectivity index (χ3n) is 6.63. The Hall–Kier alpha value is -3.07. The highest BCUT2D eigenvalue weighted by atomic mass is 16.6. The molecule has 0 amide bonds. The van der Waals surface area contributed by atoms with E-state index in [1.165, 1.54) is 30.9 Å². The predicted octanol–water partition coefficient (Wildman–Crippen LogP) is 7.05. The minimum absolute atomic E-state index is 0.0972. The van der Waals surface area contributed by atoms with E-state index in [0.717, 1.165) is 42.6 Å². The van der Waals surface area contributed by atoms with Gasteiger partial charge in [0.15, 0.2) is 0 Å². The average Bonchev–Trinajstić information content (AvgIpc) is 2.80. The molecule has 4 aliphatic rings. The Bertz CT molecular complexity index is 876. The van der Waals surface area contributed by atoms with Crippen LogP contribution in [0.2, 0.25) is 0 Å². The highest BCUT2D eigenvalue weighted by Crippen LogP contribution is 2.57. The average molecular weight is 431 g/mol. The monoisotopic (exact) mass is 430 g/mol. The fourth-order valence-corrected chi connectivity index (χ4v) is 5.61. The highest BCUT2D eigenvalue weighted by Gasteiger charge is 2.52. The van der Waals surface area contributed by atoms with Crippen molar-refractivity contribution in [2.75, 3.05) is 0 Å². The number of aromatic hydroxyl groups is 1. The lowest BCUT2D eigenvalue weighted by Gasteiger charge is -2.55. The van der Waals surface area contributed by atoms with Crippen molar-refractivity contribution in [3.63, 3.8) is 0 Å². The van der Waals surface area contributed by atoms with Crippen LogP contribution in [-0.2, 0) is 9.53 Å². The lowest BCUT2D eigenvalue weighted by molar-refractivity contribution is -0.181. The van der Waals surface area contributed by atoms with Gasteiger partial charge in [-0.2, -0.15) is 0 Å². The standard InChI is InChI=1S/C13H18O2.C8H8O.C8H8/c1-2-12(14)15-13-6-9-3-10(7-13)5-11(4-9)8-13;1-2-7-3-5-8(9)6-4-7;1-2-8-6-4-3-5-7-8/h2,9-11H,1,3-8H2;2-6,9H,1H2;2-7H,1H2. The van der Waals surface area contributed by atoms with Gasteiger partial charge in [0.05, 0.1) is 0 Å². The zero-order valence-electron chi connectivity index (χ0n) is 18.8. The molecule has 0 saturated heterocycles. The number of hydrogen-bond acceptors (Lipinski definition) is 3. The van der Waals surface area contributed by atoms with Crippen LogP contribution in [0.15, 0.2) is 80.4 Å². The van der Waals surface area contributed by atoms with Gasteiger partial charge < -0.3 is 9.84 Å². The number of hydrogen-bond donors (Lipinski definition) is 1. The maximum atomic E-state index is 11.4. The van der Waals surface area contributed by atoms with Gasteiger partial charge in [-0.3, -0.25) is 0 Å². The molecule has 0 radical (unpaired) electrons. The molecule has 0 unspecified atom stereocenters. The first-order valence-corrected chi connectivity index (χ1v) is 11.4. The third kappa shape index (κ3) is 6.46. The molecule has 168 valence electrons. The maximum Gasteiger partial charge on any atom is 0.330 e. The number of rotatable bonds is 4. The minimum atomic E-state index is -0.225. The molecule has 0 aliphatic heterocycles. The van der Waals surface area contributed by atoms with E-state index in [4.69, 9.17) is 9.84 Å². The molecule has 0 spiro atoms. The van der Waals surface area contributed by atoms with E-state index in [1.54, 1.807) is 18.2 Å². The van der Waals surface area contributed by atoms with Crippen molar-refractivity contribution in [1.29, 1.82) is 0 Å². The second-order valence-corrected chi connectivity index (χ2v) is 9.14. The number of benzene rings is 2. The summed E-state index contributed by atoms with van der Waals surface area (Å²) in [5, 5.41) is 8.82. The van der Waals surface area contributed by atoms with E-state index in [1.807, 2.05) is 48.5 Å². The van der Waals surface area contributed by atoms with Crippen LogP contribution in [-0.4, -0.2) is 16.7 Å². The van der Waals surface area contributed by atoms with Gasteiger partial charge in [0.25, 0.3) is 0 Å². The summed E-state index contributed by atoms with van der Waals surface area (Å²) in [7, 11) is 0. The van der Waals surface area contributed by atoms with Crippen LogP contribution in [0, 0.1) is 17.8 Å². The summed E-state index contributed by atoms with van der Waals surface area (Å²) in [6.45, 7) is 10.7. The number of carbonyl (C=O) groups excluding carboxylic acids is 1. The summed E-state index contributed by atoms with van der Waals surface area (Å²) in [6, 6.07) is 16.9. The van der Waals surface area contributed by atoms with Crippen molar-refractivity contribution in [1.82, 2.24) is 0 Å². The minimum Gasteiger partial charge on any atom is -0.508 e. The van der Waals surface area contributed by atoms with Crippen LogP contribution < -0.4 is 0 Å². The predicted molar refractivity (Wildman–Crippen MR) is 132 cm³/mol. The number of ether oxygens (including phenoxy) is 1. The molecule has 2 aromatic rings. The van der Waals surface area contributed by atoms with Gasteiger partial charge in [0.2, 0.25) is 0 Å². The second kappa shape index (κ2) is 11.0. The molecule has 4 fully saturated rings. The van der Waals surface area contributed by atoms with E-state index in [-0.39, 0.29) is 11.6 Å². The first-order chi connectivity index (χ1) is 15.4. The summed E-state index contributed by atoms with van der Waals surface area (Å²) in [5.41, 5.74) is 2.10. The zero-order valence-corrected chi connectivity index (χ0v) is 18.8. The summed E-state index contributed by atoms with van der Waals surface area (Å²) in [4.78, 5) is 11.4. The third-order valence-corrected chi connectivity index (χ3v) is 6.63. The van der Waals surface area contributed by atoms with Crippen LogP contribution in [0.4, 0.5) is 0 Å². The molecular formula is C29H34O3. The Morgan fingerprint density at radius 3 is 1.69 bits per heavy atom.